The Balaban J connectivity index is 1.53. The molecule has 6 rings (SSSR count). The van der Waals surface area contributed by atoms with E-state index in [-0.39, 0.29) is 16.4 Å². The molecular weight excluding hydrogens is 422 g/mol. The molecule has 0 N–H and O–H groups in total. The summed E-state index contributed by atoms with van der Waals surface area (Å²) in [4.78, 5) is 2.51. The Bertz CT molecular complexity index is 1370. The smallest absolute Gasteiger partial charge is 0.0422 e. The second kappa shape index (κ2) is 7.10. The van der Waals surface area contributed by atoms with Crippen LogP contribution in [0.2, 0.25) is 0 Å². The highest BCUT2D eigenvalue weighted by Gasteiger charge is 2.38. The quantitative estimate of drug-likeness (QED) is 0.290. The summed E-state index contributed by atoms with van der Waals surface area (Å²) in [6.07, 6.45) is 0. The van der Waals surface area contributed by atoms with Crippen molar-refractivity contribution in [3.05, 3.63) is 107 Å². The summed E-state index contributed by atoms with van der Waals surface area (Å²) in [6, 6.07) is 32.0. The van der Waals surface area contributed by atoms with Gasteiger partial charge in [0.2, 0.25) is 0 Å². The first kappa shape index (κ1) is 22.2. The van der Waals surface area contributed by atoms with E-state index in [0.717, 1.165) is 0 Å². The SMILES string of the molecule is CC1(C)c2ccccc2-c2cc(N(c3ccc4c(c3)-c3ccccc3C4(C)C)C(C)(C)C)ccc21. The summed E-state index contributed by atoms with van der Waals surface area (Å²) in [6.45, 7) is 16.3. The van der Waals surface area contributed by atoms with Crippen LogP contribution in [0, 0.1) is 0 Å². The van der Waals surface area contributed by atoms with Crippen molar-refractivity contribution < 1.29 is 0 Å². The third-order valence-electron chi connectivity index (χ3n) is 8.32. The molecule has 1 nitrogen and oxygen atoms in total. The number of hydrogen-bond acceptors (Lipinski definition) is 1. The zero-order valence-electron chi connectivity index (χ0n) is 22.0. The highest BCUT2D eigenvalue weighted by atomic mass is 15.2. The van der Waals surface area contributed by atoms with Crippen LogP contribution in [0.5, 0.6) is 0 Å². The maximum atomic E-state index is 2.51. The van der Waals surface area contributed by atoms with Crippen LogP contribution in [0.3, 0.4) is 0 Å². The summed E-state index contributed by atoms with van der Waals surface area (Å²) < 4.78 is 0. The maximum absolute atomic E-state index is 2.51. The lowest BCUT2D eigenvalue weighted by Gasteiger charge is -2.38. The molecule has 0 radical (unpaired) electrons. The lowest BCUT2D eigenvalue weighted by molar-refractivity contribution is 0.560. The second-order valence-corrected chi connectivity index (χ2v) is 12.3. The molecule has 0 saturated carbocycles. The van der Waals surface area contributed by atoms with Gasteiger partial charge < -0.3 is 4.90 Å². The van der Waals surface area contributed by atoms with E-state index in [9.17, 15) is 0 Å². The van der Waals surface area contributed by atoms with Crippen molar-refractivity contribution in [2.45, 2.75) is 64.8 Å². The molecular formula is C34H35N. The van der Waals surface area contributed by atoms with Crippen molar-refractivity contribution in [1.29, 1.82) is 0 Å². The van der Waals surface area contributed by atoms with Crippen LogP contribution in [0.4, 0.5) is 11.4 Å². The molecule has 0 heterocycles. The predicted molar refractivity (Wildman–Crippen MR) is 150 cm³/mol. The lowest BCUT2D eigenvalue weighted by atomic mass is 9.82. The van der Waals surface area contributed by atoms with Gasteiger partial charge in [-0.3, -0.25) is 0 Å². The Kier molecular flexibility index (Phi) is 4.50. The first-order valence-electron chi connectivity index (χ1n) is 12.8. The van der Waals surface area contributed by atoms with Gasteiger partial charge in [-0.2, -0.15) is 0 Å². The van der Waals surface area contributed by atoms with E-state index >= 15 is 0 Å². The molecule has 0 saturated heterocycles. The molecule has 0 atom stereocenters. The van der Waals surface area contributed by atoms with Crippen LogP contribution < -0.4 is 4.90 Å². The normalized spacial score (nSPS) is 16.3. The average molecular weight is 458 g/mol. The Morgan fingerprint density at radius 2 is 0.857 bits per heavy atom. The van der Waals surface area contributed by atoms with Crippen LogP contribution in [-0.4, -0.2) is 5.54 Å². The van der Waals surface area contributed by atoms with Gasteiger partial charge in [-0.05, 0) is 89.5 Å². The lowest BCUT2D eigenvalue weighted by Crippen LogP contribution is -2.37. The number of nitrogens with zero attached hydrogens (tertiary/aromatic N) is 1. The molecule has 0 bridgehead atoms. The molecule has 2 aliphatic carbocycles. The molecule has 4 aromatic carbocycles. The van der Waals surface area contributed by atoms with Gasteiger partial charge in [0.25, 0.3) is 0 Å². The van der Waals surface area contributed by atoms with E-state index in [1.807, 2.05) is 0 Å². The fourth-order valence-electron chi connectivity index (χ4n) is 6.62. The van der Waals surface area contributed by atoms with Crippen molar-refractivity contribution in [2.75, 3.05) is 4.90 Å². The molecule has 35 heavy (non-hydrogen) atoms. The van der Waals surface area contributed by atoms with Gasteiger partial charge in [0, 0.05) is 27.7 Å². The molecule has 1 heteroatoms. The number of benzene rings is 4. The zero-order chi connectivity index (χ0) is 24.8. The molecule has 0 fully saturated rings. The number of hydrogen-bond donors (Lipinski definition) is 0. The fraction of sp³-hybridized carbons (Fsp3) is 0.294. The van der Waals surface area contributed by atoms with Crippen LogP contribution in [0.25, 0.3) is 22.3 Å². The van der Waals surface area contributed by atoms with Gasteiger partial charge in [0.15, 0.2) is 0 Å². The van der Waals surface area contributed by atoms with Crippen LogP contribution in [0.1, 0.15) is 70.7 Å². The number of fused-ring (bicyclic) bond motifs is 6. The first-order chi connectivity index (χ1) is 16.5. The van der Waals surface area contributed by atoms with E-state index in [1.54, 1.807) is 0 Å². The fourth-order valence-corrected chi connectivity index (χ4v) is 6.62. The Morgan fingerprint density at radius 3 is 1.26 bits per heavy atom. The summed E-state index contributed by atoms with van der Waals surface area (Å²) in [5, 5.41) is 0. The molecule has 0 spiro atoms. The molecule has 0 amide bonds. The number of anilines is 2. The van der Waals surface area contributed by atoms with E-state index in [2.05, 4.69) is 138 Å². The maximum Gasteiger partial charge on any atom is 0.0422 e. The van der Waals surface area contributed by atoms with Gasteiger partial charge in [-0.1, -0.05) is 88.4 Å². The Hall–Kier alpha value is -3.32. The number of rotatable bonds is 2. The third kappa shape index (κ3) is 3.07. The second-order valence-electron chi connectivity index (χ2n) is 12.3. The van der Waals surface area contributed by atoms with Crippen molar-refractivity contribution in [1.82, 2.24) is 0 Å². The highest BCUT2D eigenvalue weighted by Crippen LogP contribution is 2.52. The molecule has 0 aliphatic heterocycles. The highest BCUT2D eigenvalue weighted by molar-refractivity contribution is 5.87. The summed E-state index contributed by atoms with van der Waals surface area (Å²) in [7, 11) is 0. The van der Waals surface area contributed by atoms with Gasteiger partial charge in [-0.15, -0.1) is 0 Å². The molecule has 0 aromatic heterocycles. The Labute approximate surface area is 210 Å². The minimum atomic E-state index is -0.0796. The van der Waals surface area contributed by atoms with Gasteiger partial charge >= 0.3 is 0 Å². The van der Waals surface area contributed by atoms with Crippen LogP contribution in [0.15, 0.2) is 84.9 Å². The van der Waals surface area contributed by atoms with Gasteiger partial charge in [0.1, 0.15) is 0 Å². The zero-order valence-corrected chi connectivity index (χ0v) is 22.0. The third-order valence-corrected chi connectivity index (χ3v) is 8.32. The van der Waals surface area contributed by atoms with Crippen molar-refractivity contribution in [3.8, 4) is 22.3 Å². The monoisotopic (exact) mass is 457 g/mol. The summed E-state index contributed by atoms with van der Waals surface area (Å²) in [5.41, 5.74) is 13.6. The van der Waals surface area contributed by atoms with Gasteiger partial charge in [-0.25, -0.2) is 0 Å². The van der Waals surface area contributed by atoms with E-state index in [4.69, 9.17) is 0 Å². The van der Waals surface area contributed by atoms with E-state index in [0.29, 0.717) is 0 Å². The van der Waals surface area contributed by atoms with Gasteiger partial charge in [0.05, 0.1) is 0 Å². The van der Waals surface area contributed by atoms with E-state index < -0.39 is 0 Å². The first-order valence-corrected chi connectivity index (χ1v) is 12.8. The average Bonchev–Trinajstić information content (AvgIpc) is 3.18. The van der Waals surface area contributed by atoms with Crippen LogP contribution >= 0.6 is 0 Å². The summed E-state index contributed by atoms with van der Waals surface area (Å²) >= 11 is 0. The topological polar surface area (TPSA) is 3.24 Å². The largest absolute Gasteiger partial charge is 0.336 e. The molecule has 2 aliphatic rings. The summed E-state index contributed by atoms with van der Waals surface area (Å²) in [5.74, 6) is 0. The van der Waals surface area contributed by atoms with Crippen molar-refractivity contribution >= 4 is 11.4 Å². The van der Waals surface area contributed by atoms with Crippen molar-refractivity contribution in [2.24, 2.45) is 0 Å². The minimum Gasteiger partial charge on any atom is -0.336 e. The Morgan fingerprint density at radius 1 is 0.486 bits per heavy atom. The predicted octanol–water partition coefficient (Wildman–Crippen LogP) is 9.24. The molecule has 0 unspecified atom stereocenters. The molecule has 4 aromatic rings. The minimum absolute atomic E-state index is 0.0277. The van der Waals surface area contributed by atoms with Crippen molar-refractivity contribution in [3.63, 3.8) is 0 Å². The van der Waals surface area contributed by atoms with E-state index in [1.165, 1.54) is 55.9 Å². The standard InChI is InChI=1S/C34H35N/c1-32(2,3)35(22-16-18-30-26(20-22)24-12-8-10-14-28(24)33(30,4)5)23-17-19-31-27(21-23)25-13-9-11-15-29(25)34(31,6)7/h8-21H,1-7H3. The molecule has 176 valence electrons. The van der Waals surface area contributed by atoms with Crippen LogP contribution in [-0.2, 0) is 10.8 Å².